The minimum atomic E-state index is -0.242. The molecule has 0 fully saturated rings. The first-order chi connectivity index (χ1) is 9.65. The molecule has 0 saturated heterocycles. The molecule has 0 aliphatic rings. The van der Waals surface area contributed by atoms with Crippen LogP contribution >= 0.6 is 0 Å². The second-order valence-electron chi connectivity index (χ2n) is 4.92. The van der Waals surface area contributed by atoms with Gasteiger partial charge in [0.1, 0.15) is 5.82 Å². The molecule has 1 N–H and O–H groups in total. The van der Waals surface area contributed by atoms with Crippen LogP contribution in [0, 0.1) is 5.82 Å². The quantitative estimate of drug-likeness (QED) is 0.888. The van der Waals surface area contributed by atoms with Gasteiger partial charge in [0.15, 0.2) is 0 Å². The van der Waals surface area contributed by atoms with Gasteiger partial charge in [-0.1, -0.05) is 49.4 Å². The number of hydrogen-bond acceptors (Lipinski definition) is 1. The minimum Gasteiger partial charge on any atom is -0.355 e. The Balaban J connectivity index is 1.82. The molecule has 104 valence electrons. The van der Waals surface area contributed by atoms with Gasteiger partial charge in [-0.05, 0) is 29.2 Å². The number of carbonyl (C=O) groups is 1. The van der Waals surface area contributed by atoms with Crippen molar-refractivity contribution < 1.29 is 9.18 Å². The molecule has 2 aromatic rings. The summed E-state index contributed by atoms with van der Waals surface area (Å²) in [6.45, 7) is 2.56. The molecule has 3 heteroatoms. The summed E-state index contributed by atoms with van der Waals surface area (Å²) in [7, 11) is 0. The lowest BCUT2D eigenvalue weighted by atomic mass is 10.0. The summed E-state index contributed by atoms with van der Waals surface area (Å²) in [4.78, 5) is 11.8. The van der Waals surface area contributed by atoms with Crippen molar-refractivity contribution in [3.05, 3.63) is 71.5 Å². The van der Waals surface area contributed by atoms with E-state index in [0.29, 0.717) is 13.0 Å². The largest absolute Gasteiger partial charge is 0.355 e. The van der Waals surface area contributed by atoms with Gasteiger partial charge in [0.2, 0.25) is 5.91 Å². The van der Waals surface area contributed by atoms with Crippen molar-refractivity contribution in [2.45, 2.75) is 19.3 Å². The first-order valence-corrected chi connectivity index (χ1v) is 6.71. The smallest absolute Gasteiger partial charge is 0.224 e. The Morgan fingerprint density at radius 1 is 1.10 bits per heavy atom. The number of rotatable bonds is 5. The molecular formula is C17H18FNO. The predicted molar refractivity (Wildman–Crippen MR) is 78.0 cm³/mol. The highest BCUT2D eigenvalue weighted by molar-refractivity contribution is 5.78. The van der Waals surface area contributed by atoms with Gasteiger partial charge >= 0.3 is 0 Å². The molecule has 2 aromatic carbocycles. The van der Waals surface area contributed by atoms with Gasteiger partial charge in [-0.15, -0.1) is 0 Å². The summed E-state index contributed by atoms with van der Waals surface area (Å²) < 4.78 is 12.8. The number of nitrogens with one attached hydrogen (secondary N) is 1. The van der Waals surface area contributed by atoms with Gasteiger partial charge in [-0.25, -0.2) is 4.39 Å². The third-order valence-electron chi connectivity index (χ3n) is 3.25. The summed E-state index contributed by atoms with van der Waals surface area (Å²) in [5.74, 6) is -0.0745. The Hall–Kier alpha value is -2.16. The molecule has 0 aliphatic carbocycles. The van der Waals surface area contributed by atoms with Crippen LogP contribution in [-0.4, -0.2) is 12.5 Å². The van der Waals surface area contributed by atoms with Crippen LogP contribution in [0.4, 0.5) is 4.39 Å². The maximum atomic E-state index is 12.8. The van der Waals surface area contributed by atoms with Gasteiger partial charge in [0.25, 0.3) is 0 Å². The zero-order chi connectivity index (χ0) is 14.4. The topological polar surface area (TPSA) is 29.1 Å². The first kappa shape index (κ1) is 14.3. The van der Waals surface area contributed by atoms with Crippen LogP contribution in [0.5, 0.6) is 0 Å². The second-order valence-corrected chi connectivity index (χ2v) is 4.92. The monoisotopic (exact) mass is 271 g/mol. The van der Waals surface area contributed by atoms with E-state index >= 15 is 0 Å². The number of amides is 1. The molecule has 1 atom stereocenters. The third-order valence-corrected chi connectivity index (χ3v) is 3.25. The molecule has 2 nitrogen and oxygen atoms in total. The van der Waals surface area contributed by atoms with Gasteiger partial charge in [0.05, 0.1) is 6.42 Å². The third kappa shape index (κ3) is 4.19. The molecular weight excluding hydrogens is 253 g/mol. The fourth-order valence-electron chi connectivity index (χ4n) is 2.02. The number of halogens is 1. The van der Waals surface area contributed by atoms with Crippen LogP contribution in [0.1, 0.15) is 24.0 Å². The van der Waals surface area contributed by atoms with Gasteiger partial charge < -0.3 is 5.32 Å². The summed E-state index contributed by atoms with van der Waals surface area (Å²) >= 11 is 0. The maximum Gasteiger partial charge on any atom is 0.224 e. The number of benzene rings is 2. The van der Waals surface area contributed by atoms with E-state index < -0.39 is 0 Å². The highest BCUT2D eigenvalue weighted by atomic mass is 19.1. The normalized spacial score (nSPS) is 11.9. The van der Waals surface area contributed by atoms with Crippen molar-refractivity contribution in [3.63, 3.8) is 0 Å². The van der Waals surface area contributed by atoms with Crippen LogP contribution < -0.4 is 5.32 Å². The van der Waals surface area contributed by atoms with E-state index in [1.807, 2.05) is 37.3 Å². The molecule has 1 amide bonds. The van der Waals surface area contributed by atoms with E-state index in [1.54, 1.807) is 12.1 Å². The first-order valence-electron chi connectivity index (χ1n) is 6.71. The Morgan fingerprint density at radius 3 is 2.40 bits per heavy atom. The maximum absolute atomic E-state index is 12.8. The fourth-order valence-corrected chi connectivity index (χ4v) is 2.02. The summed E-state index contributed by atoms with van der Waals surface area (Å²) in [5.41, 5.74) is 2.02. The standard InChI is InChI=1S/C17H18FNO/c1-13(15-7-9-16(18)10-8-15)12-19-17(20)11-14-5-3-2-4-6-14/h2-10,13H,11-12H2,1H3,(H,19,20). The summed E-state index contributed by atoms with van der Waals surface area (Å²) in [6.07, 6.45) is 0.386. The van der Waals surface area contributed by atoms with Crippen molar-refractivity contribution >= 4 is 5.91 Å². The van der Waals surface area contributed by atoms with E-state index in [9.17, 15) is 9.18 Å². The number of carbonyl (C=O) groups excluding carboxylic acids is 1. The van der Waals surface area contributed by atoms with Crippen molar-refractivity contribution in [2.75, 3.05) is 6.54 Å². The molecule has 0 bridgehead atoms. The van der Waals surface area contributed by atoms with Crippen LogP contribution in [0.15, 0.2) is 54.6 Å². The van der Waals surface area contributed by atoms with E-state index in [-0.39, 0.29) is 17.6 Å². The van der Waals surface area contributed by atoms with Crippen molar-refractivity contribution in [1.29, 1.82) is 0 Å². The highest BCUT2D eigenvalue weighted by Crippen LogP contribution is 2.14. The van der Waals surface area contributed by atoms with Crippen LogP contribution in [-0.2, 0) is 11.2 Å². The Bertz CT molecular complexity index is 551. The molecule has 20 heavy (non-hydrogen) atoms. The molecule has 0 radical (unpaired) electrons. The van der Waals surface area contributed by atoms with E-state index in [2.05, 4.69) is 5.32 Å². The molecule has 0 aromatic heterocycles. The average Bonchev–Trinajstić information content (AvgIpc) is 2.46. The lowest BCUT2D eigenvalue weighted by molar-refractivity contribution is -0.120. The second kappa shape index (κ2) is 6.85. The van der Waals surface area contributed by atoms with Crippen LogP contribution in [0.25, 0.3) is 0 Å². The highest BCUT2D eigenvalue weighted by Gasteiger charge is 2.08. The average molecular weight is 271 g/mol. The van der Waals surface area contributed by atoms with E-state index in [1.165, 1.54) is 12.1 Å². The Kier molecular flexibility index (Phi) is 4.88. The van der Waals surface area contributed by atoms with Crippen molar-refractivity contribution in [1.82, 2.24) is 5.32 Å². The zero-order valence-electron chi connectivity index (χ0n) is 11.5. The fraction of sp³-hybridized carbons (Fsp3) is 0.235. The Labute approximate surface area is 118 Å². The van der Waals surface area contributed by atoms with Gasteiger partial charge in [-0.3, -0.25) is 4.79 Å². The van der Waals surface area contributed by atoms with Gasteiger partial charge in [0, 0.05) is 6.54 Å². The molecule has 0 spiro atoms. The lowest BCUT2D eigenvalue weighted by Crippen LogP contribution is -2.28. The molecule has 0 saturated carbocycles. The Morgan fingerprint density at radius 2 is 1.75 bits per heavy atom. The van der Waals surface area contributed by atoms with Gasteiger partial charge in [-0.2, -0.15) is 0 Å². The van der Waals surface area contributed by atoms with E-state index in [4.69, 9.17) is 0 Å². The molecule has 0 heterocycles. The van der Waals surface area contributed by atoms with E-state index in [0.717, 1.165) is 11.1 Å². The predicted octanol–water partition coefficient (Wildman–Crippen LogP) is 3.29. The number of hydrogen-bond donors (Lipinski definition) is 1. The van der Waals surface area contributed by atoms with Crippen molar-refractivity contribution in [2.24, 2.45) is 0 Å². The molecule has 1 unspecified atom stereocenters. The summed E-state index contributed by atoms with van der Waals surface area (Å²) in [5, 5.41) is 2.91. The summed E-state index contributed by atoms with van der Waals surface area (Å²) in [6, 6.07) is 16.0. The molecule has 2 rings (SSSR count). The zero-order valence-corrected chi connectivity index (χ0v) is 11.5. The molecule has 0 aliphatic heterocycles. The lowest BCUT2D eigenvalue weighted by Gasteiger charge is -2.13. The van der Waals surface area contributed by atoms with Crippen LogP contribution in [0.2, 0.25) is 0 Å². The SMILES string of the molecule is CC(CNC(=O)Cc1ccccc1)c1ccc(F)cc1. The van der Waals surface area contributed by atoms with Crippen LogP contribution in [0.3, 0.4) is 0 Å². The minimum absolute atomic E-state index is 0.00478. The van der Waals surface area contributed by atoms with Crippen molar-refractivity contribution in [3.8, 4) is 0 Å².